The van der Waals surface area contributed by atoms with Crippen LogP contribution in [0.2, 0.25) is 0 Å². The van der Waals surface area contributed by atoms with Crippen molar-refractivity contribution in [3.05, 3.63) is 59.9 Å². The van der Waals surface area contributed by atoms with Crippen LogP contribution >= 0.6 is 0 Å². The van der Waals surface area contributed by atoms with E-state index < -0.39 is 0 Å². The molecule has 0 aliphatic carbocycles. The number of hydrogen-bond donors (Lipinski definition) is 0. The number of nitrogens with zero attached hydrogens (tertiary/aromatic N) is 5. The van der Waals surface area contributed by atoms with E-state index in [1.54, 1.807) is 18.3 Å². The van der Waals surface area contributed by atoms with Gasteiger partial charge in [-0.3, -0.25) is 4.79 Å². The van der Waals surface area contributed by atoms with Crippen molar-refractivity contribution < 1.29 is 9.21 Å². The van der Waals surface area contributed by atoms with Crippen LogP contribution in [0.4, 0.5) is 5.69 Å². The predicted molar refractivity (Wildman–Crippen MR) is 97.7 cm³/mol. The van der Waals surface area contributed by atoms with Gasteiger partial charge in [-0.05, 0) is 38.1 Å². The zero-order chi connectivity index (χ0) is 18.1. The minimum atomic E-state index is -0.0488. The lowest BCUT2D eigenvalue weighted by Gasteiger charge is -2.35. The van der Waals surface area contributed by atoms with Crippen molar-refractivity contribution in [1.82, 2.24) is 19.7 Å². The van der Waals surface area contributed by atoms with Gasteiger partial charge in [0.05, 0.1) is 23.3 Å². The number of carbonyl (C=O) groups is 1. The summed E-state index contributed by atoms with van der Waals surface area (Å²) in [6.45, 7) is 6.93. The van der Waals surface area contributed by atoms with E-state index in [1.165, 1.54) is 6.26 Å². The van der Waals surface area contributed by atoms with E-state index in [2.05, 4.69) is 21.9 Å². The first-order valence-electron chi connectivity index (χ1n) is 8.70. The molecule has 1 amide bonds. The third-order valence-corrected chi connectivity index (χ3v) is 4.73. The molecule has 1 aliphatic heterocycles. The summed E-state index contributed by atoms with van der Waals surface area (Å²) < 4.78 is 7.11. The highest BCUT2D eigenvalue weighted by Crippen LogP contribution is 2.27. The van der Waals surface area contributed by atoms with Crippen LogP contribution in [0.5, 0.6) is 0 Å². The lowest BCUT2D eigenvalue weighted by atomic mass is 10.2. The van der Waals surface area contributed by atoms with Gasteiger partial charge in [0, 0.05) is 32.4 Å². The van der Waals surface area contributed by atoms with Gasteiger partial charge in [0.15, 0.2) is 11.6 Å². The second-order valence-electron chi connectivity index (χ2n) is 6.38. The number of amides is 1. The number of rotatable bonds is 3. The molecule has 1 aliphatic rings. The van der Waals surface area contributed by atoms with Gasteiger partial charge in [0.25, 0.3) is 5.91 Å². The number of furan rings is 1. The van der Waals surface area contributed by atoms with Crippen LogP contribution < -0.4 is 4.90 Å². The first-order chi connectivity index (χ1) is 12.6. The van der Waals surface area contributed by atoms with E-state index in [0.29, 0.717) is 18.8 Å². The van der Waals surface area contributed by atoms with Crippen LogP contribution in [0.1, 0.15) is 21.9 Å². The topological polar surface area (TPSA) is 67.4 Å². The van der Waals surface area contributed by atoms with E-state index in [9.17, 15) is 4.79 Å². The normalized spacial score (nSPS) is 14.7. The van der Waals surface area contributed by atoms with Crippen molar-refractivity contribution >= 4 is 11.6 Å². The fraction of sp³-hybridized carbons (Fsp3) is 0.316. The van der Waals surface area contributed by atoms with Gasteiger partial charge in [-0.25, -0.2) is 9.67 Å². The Bertz CT molecular complexity index is 894. The molecule has 3 aromatic rings. The third kappa shape index (κ3) is 2.85. The Labute approximate surface area is 151 Å². The van der Waals surface area contributed by atoms with Crippen LogP contribution in [0.3, 0.4) is 0 Å². The van der Waals surface area contributed by atoms with Crippen LogP contribution in [0.15, 0.2) is 47.2 Å². The smallest absolute Gasteiger partial charge is 0.289 e. The summed E-state index contributed by atoms with van der Waals surface area (Å²) in [5.74, 6) is 1.16. The maximum absolute atomic E-state index is 12.4. The fourth-order valence-corrected chi connectivity index (χ4v) is 3.48. The molecule has 0 spiro atoms. The summed E-state index contributed by atoms with van der Waals surface area (Å²) in [4.78, 5) is 20.9. The van der Waals surface area contributed by atoms with Gasteiger partial charge in [0.2, 0.25) is 0 Å². The summed E-state index contributed by atoms with van der Waals surface area (Å²) in [6.07, 6.45) is 3.30. The van der Waals surface area contributed by atoms with Gasteiger partial charge in [-0.1, -0.05) is 6.07 Å². The van der Waals surface area contributed by atoms with Gasteiger partial charge < -0.3 is 14.2 Å². The highest BCUT2D eigenvalue weighted by Gasteiger charge is 2.27. The first kappa shape index (κ1) is 16.4. The Hall–Kier alpha value is -3.09. The first-order valence-corrected chi connectivity index (χ1v) is 8.70. The van der Waals surface area contributed by atoms with Crippen molar-refractivity contribution in [2.45, 2.75) is 13.8 Å². The standard InChI is InChI=1S/C19H21N5O2/c1-14-18(15(2)24(21-14)17-7-3-4-8-20-17)22-9-11-23(12-10-22)19(25)16-6-5-13-26-16/h3-8,13H,9-12H2,1-2H3. The maximum Gasteiger partial charge on any atom is 0.289 e. The molecule has 0 N–H and O–H groups in total. The molecule has 0 bridgehead atoms. The fourth-order valence-electron chi connectivity index (χ4n) is 3.48. The van der Waals surface area contributed by atoms with Crippen molar-refractivity contribution in [2.75, 3.05) is 31.1 Å². The highest BCUT2D eigenvalue weighted by atomic mass is 16.3. The number of pyridine rings is 1. The SMILES string of the molecule is Cc1nn(-c2ccccn2)c(C)c1N1CCN(C(=O)c2ccco2)CC1. The van der Waals surface area contributed by atoms with Gasteiger partial charge in [0.1, 0.15) is 0 Å². The van der Waals surface area contributed by atoms with E-state index in [1.807, 2.05) is 34.7 Å². The quantitative estimate of drug-likeness (QED) is 0.725. The Morgan fingerprint density at radius 2 is 1.88 bits per heavy atom. The summed E-state index contributed by atoms with van der Waals surface area (Å²) in [5, 5.41) is 4.67. The van der Waals surface area contributed by atoms with E-state index >= 15 is 0 Å². The van der Waals surface area contributed by atoms with Crippen molar-refractivity contribution in [3.8, 4) is 5.82 Å². The van der Waals surface area contributed by atoms with Crippen LogP contribution in [-0.4, -0.2) is 51.8 Å². The molecular weight excluding hydrogens is 330 g/mol. The average Bonchev–Trinajstić information content (AvgIpc) is 3.30. The molecule has 0 saturated carbocycles. The van der Waals surface area contributed by atoms with Crippen molar-refractivity contribution in [3.63, 3.8) is 0 Å². The molecule has 0 unspecified atom stereocenters. The summed E-state index contributed by atoms with van der Waals surface area (Å²) in [7, 11) is 0. The average molecular weight is 351 g/mol. The number of aryl methyl sites for hydroxylation is 1. The maximum atomic E-state index is 12.4. The van der Waals surface area contributed by atoms with Gasteiger partial charge in [-0.15, -0.1) is 0 Å². The number of anilines is 1. The Morgan fingerprint density at radius 1 is 1.08 bits per heavy atom. The number of hydrogen-bond acceptors (Lipinski definition) is 5. The Morgan fingerprint density at radius 3 is 2.54 bits per heavy atom. The third-order valence-electron chi connectivity index (χ3n) is 4.73. The number of piperazine rings is 1. The lowest BCUT2D eigenvalue weighted by molar-refractivity contribution is 0.0714. The molecule has 3 aromatic heterocycles. The summed E-state index contributed by atoms with van der Waals surface area (Å²) in [5.41, 5.74) is 3.16. The summed E-state index contributed by atoms with van der Waals surface area (Å²) >= 11 is 0. The molecule has 7 nitrogen and oxygen atoms in total. The minimum absolute atomic E-state index is 0.0488. The second-order valence-corrected chi connectivity index (χ2v) is 6.38. The number of aromatic nitrogens is 3. The molecule has 0 radical (unpaired) electrons. The van der Waals surface area contributed by atoms with Crippen molar-refractivity contribution in [2.24, 2.45) is 0 Å². The molecule has 1 fully saturated rings. The molecule has 134 valence electrons. The molecule has 1 saturated heterocycles. The Balaban J connectivity index is 1.51. The molecule has 4 heterocycles. The molecule has 0 aromatic carbocycles. The van der Waals surface area contributed by atoms with Crippen LogP contribution in [0.25, 0.3) is 5.82 Å². The number of carbonyl (C=O) groups excluding carboxylic acids is 1. The Kier molecular flexibility index (Phi) is 4.20. The summed E-state index contributed by atoms with van der Waals surface area (Å²) in [6, 6.07) is 9.24. The molecular formula is C19H21N5O2. The van der Waals surface area contributed by atoms with E-state index in [0.717, 1.165) is 36.0 Å². The molecule has 4 rings (SSSR count). The minimum Gasteiger partial charge on any atom is -0.459 e. The lowest BCUT2D eigenvalue weighted by Crippen LogP contribution is -2.49. The molecule has 0 atom stereocenters. The largest absolute Gasteiger partial charge is 0.459 e. The van der Waals surface area contributed by atoms with E-state index in [-0.39, 0.29) is 5.91 Å². The van der Waals surface area contributed by atoms with Gasteiger partial charge >= 0.3 is 0 Å². The van der Waals surface area contributed by atoms with E-state index in [4.69, 9.17) is 4.42 Å². The van der Waals surface area contributed by atoms with Crippen molar-refractivity contribution in [1.29, 1.82) is 0 Å². The van der Waals surface area contributed by atoms with Gasteiger partial charge in [-0.2, -0.15) is 5.10 Å². The zero-order valence-electron chi connectivity index (χ0n) is 14.9. The molecule has 26 heavy (non-hydrogen) atoms. The highest BCUT2D eigenvalue weighted by molar-refractivity contribution is 5.91. The van der Waals surface area contributed by atoms with Crippen LogP contribution in [-0.2, 0) is 0 Å². The van der Waals surface area contributed by atoms with Crippen LogP contribution in [0, 0.1) is 13.8 Å². The predicted octanol–water partition coefficient (Wildman–Crippen LogP) is 2.44. The zero-order valence-corrected chi connectivity index (χ0v) is 14.9. The second kappa shape index (κ2) is 6.67. The monoisotopic (exact) mass is 351 g/mol. The molecule has 7 heteroatoms.